The van der Waals surface area contributed by atoms with E-state index < -0.39 is 10.5 Å². The van der Waals surface area contributed by atoms with Crippen LogP contribution < -0.4 is 5.43 Å². The second-order valence-electron chi connectivity index (χ2n) is 4.53. The average Bonchev–Trinajstić information content (AvgIpc) is 2.38. The maximum Gasteiger partial charge on any atom is 0.269 e. The Bertz CT molecular complexity index is 506. The lowest BCUT2D eigenvalue weighted by Gasteiger charge is -2.22. The van der Waals surface area contributed by atoms with Crippen molar-refractivity contribution in [2.45, 2.75) is 26.3 Å². The van der Waals surface area contributed by atoms with E-state index in [9.17, 15) is 10.1 Å². The number of oxime groups is 1. The minimum atomic E-state index is -0.577. The number of benzene rings is 1. The fourth-order valence-electron chi connectivity index (χ4n) is 1.16. The van der Waals surface area contributed by atoms with Crippen molar-refractivity contribution in [1.82, 2.24) is 5.43 Å². The lowest BCUT2D eigenvalue weighted by molar-refractivity contribution is -0.384. The van der Waals surface area contributed by atoms with Crippen LogP contribution in [-0.4, -0.2) is 27.6 Å². The molecule has 0 spiro atoms. The summed E-state index contributed by atoms with van der Waals surface area (Å²) < 4.78 is 0. The van der Waals surface area contributed by atoms with Gasteiger partial charge in [0.05, 0.1) is 22.4 Å². The molecule has 102 valence electrons. The molecule has 2 N–H and O–H groups in total. The van der Waals surface area contributed by atoms with Crippen LogP contribution in [0.25, 0.3) is 0 Å². The Kier molecular flexibility index (Phi) is 4.57. The van der Waals surface area contributed by atoms with Crippen LogP contribution in [0.15, 0.2) is 34.5 Å². The normalized spacial score (nSPS) is 12.7. The number of rotatable bonds is 5. The number of nitro benzene ring substituents is 1. The van der Waals surface area contributed by atoms with E-state index in [-0.39, 0.29) is 5.69 Å². The molecular weight excluding hydrogens is 248 g/mol. The third-order valence-electron chi connectivity index (χ3n) is 2.72. The van der Waals surface area contributed by atoms with E-state index >= 15 is 0 Å². The summed E-state index contributed by atoms with van der Waals surface area (Å²) in [6, 6.07) is 6.02. The van der Waals surface area contributed by atoms with Gasteiger partial charge in [0.2, 0.25) is 0 Å². The molecule has 0 radical (unpaired) electrons. The molecule has 1 aromatic rings. The van der Waals surface area contributed by atoms with Crippen LogP contribution in [-0.2, 0) is 0 Å². The topological polar surface area (TPSA) is 100 Å². The van der Waals surface area contributed by atoms with Crippen molar-refractivity contribution in [3.63, 3.8) is 0 Å². The van der Waals surface area contributed by atoms with Crippen LogP contribution in [0.3, 0.4) is 0 Å². The molecule has 0 atom stereocenters. The minimum absolute atomic E-state index is 0.0358. The molecule has 0 aromatic heterocycles. The Morgan fingerprint density at radius 1 is 1.42 bits per heavy atom. The van der Waals surface area contributed by atoms with Gasteiger partial charge in [-0.25, -0.2) is 0 Å². The molecule has 7 nitrogen and oxygen atoms in total. The van der Waals surface area contributed by atoms with Crippen molar-refractivity contribution in [2.24, 2.45) is 10.3 Å². The molecular formula is C12H16N4O3. The summed E-state index contributed by atoms with van der Waals surface area (Å²) in [7, 11) is 0. The molecule has 0 fully saturated rings. The first kappa shape index (κ1) is 14.6. The first-order valence-corrected chi connectivity index (χ1v) is 5.60. The smallest absolute Gasteiger partial charge is 0.269 e. The van der Waals surface area contributed by atoms with Crippen molar-refractivity contribution in [1.29, 1.82) is 0 Å². The zero-order chi connectivity index (χ0) is 14.5. The van der Waals surface area contributed by atoms with Gasteiger partial charge in [-0.1, -0.05) is 5.16 Å². The van der Waals surface area contributed by atoms with Crippen molar-refractivity contribution < 1.29 is 10.1 Å². The van der Waals surface area contributed by atoms with Gasteiger partial charge in [0, 0.05) is 12.1 Å². The van der Waals surface area contributed by atoms with Gasteiger partial charge < -0.3 is 5.21 Å². The van der Waals surface area contributed by atoms with Gasteiger partial charge in [0.1, 0.15) is 0 Å². The van der Waals surface area contributed by atoms with E-state index in [0.717, 1.165) is 5.56 Å². The van der Waals surface area contributed by atoms with Crippen molar-refractivity contribution >= 4 is 17.6 Å². The molecule has 0 heterocycles. The summed E-state index contributed by atoms with van der Waals surface area (Å²) in [6.07, 6.45) is 1.54. The van der Waals surface area contributed by atoms with E-state index in [1.54, 1.807) is 19.1 Å². The molecule has 0 aliphatic carbocycles. The number of hydrazone groups is 1. The first-order chi connectivity index (χ1) is 8.86. The Morgan fingerprint density at radius 2 is 2.00 bits per heavy atom. The molecule has 7 heteroatoms. The van der Waals surface area contributed by atoms with Gasteiger partial charge in [0.25, 0.3) is 5.69 Å². The third kappa shape index (κ3) is 4.06. The lowest BCUT2D eigenvalue weighted by atomic mass is 10.0. The largest absolute Gasteiger partial charge is 0.411 e. The first-order valence-electron chi connectivity index (χ1n) is 5.60. The highest BCUT2D eigenvalue weighted by atomic mass is 16.6. The van der Waals surface area contributed by atoms with E-state index in [0.29, 0.717) is 5.71 Å². The van der Waals surface area contributed by atoms with Gasteiger partial charge in [-0.2, -0.15) is 5.10 Å². The summed E-state index contributed by atoms with van der Waals surface area (Å²) >= 11 is 0. The van der Waals surface area contributed by atoms with Crippen LogP contribution >= 0.6 is 0 Å². The van der Waals surface area contributed by atoms with Gasteiger partial charge >= 0.3 is 0 Å². The second kappa shape index (κ2) is 5.94. The summed E-state index contributed by atoms with van der Waals surface area (Å²) in [4.78, 5) is 10.0. The monoisotopic (exact) mass is 264 g/mol. The minimum Gasteiger partial charge on any atom is -0.411 e. The maximum absolute atomic E-state index is 10.5. The van der Waals surface area contributed by atoms with Crippen molar-refractivity contribution in [3.8, 4) is 0 Å². The maximum atomic E-state index is 10.5. The molecule has 0 aliphatic rings. The number of hydrogen-bond acceptors (Lipinski definition) is 6. The predicted octanol–water partition coefficient (Wildman–Crippen LogP) is 2.15. The standard InChI is InChI=1S/C12H16N4O3/c1-9(14-17)12(2,3)15-13-8-10-4-6-11(7-5-10)16(18)19/h4-8,15,17H,1-3H3/b13-8+,14-9+. The Morgan fingerprint density at radius 3 is 2.47 bits per heavy atom. The zero-order valence-electron chi connectivity index (χ0n) is 11.0. The summed E-state index contributed by atoms with van der Waals surface area (Å²) in [6.45, 7) is 5.30. The molecule has 0 unspecified atom stereocenters. The SMILES string of the molecule is C/C(=N\O)C(C)(C)N/N=C/c1ccc([N+](=O)[O-])cc1. The predicted molar refractivity (Wildman–Crippen MR) is 72.8 cm³/mol. The Balaban J connectivity index is 2.70. The lowest BCUT2D eigenvalue weighted by Crippen LogP contribution is -2.42. The number of hydrogen-bond donors (Lipinski definition) is 2. The Hall–Kier alpha value is -2.44. The van der Waals surface area contributed by atoms with Crippen LogP contribution in [0.4, 0.5) is 5.69 Å². The van der Waals surface area contributed by atoms with Crippen LogP contribution in [0.1, 0.15) is 26.3 Å². The van der Waals surface area contributed by atoms with Gasteiger partial charge in [-0.05, 0) is 38.5 Å². The average molecular weight is 264 g/mol. The number of nitrogens with one attached hydrogen (secondary N) is 1. The Labute approximate surface area is 110 Å². The number of nitrogens with zero attached hydrogens (tertiary/aromatic N) is 3. The molecule has 0 aliphatic heterocycles. The third-order valence-corrected chi connectivity index (χ3v) is 2.72. The molecule has 0 saturated carbocycles. The molecule has 0 bridgehead atoms. The van der Waals surface area contributed by atoms with Gasteiger partial charge in [-0.3, -0.25) is 15.5 Å². The fourth-order valence-corrected chi connectivity index (χ4v) is 1.16. The molecule has 19 heavy (non-hydrogen) atoms. The molecule has 0 amide bonds. The number of nitro groups is 1. The van der Waals surface area contributed by atoms with Crippen LogP contribution in [0.5, 0.6) is 0 Å². The van der Waals surface area contributed by atoms with Gasteiger partial charge in [0.15, 0.2) is 0 Å². The molecule has 1 rings (SSSR count). The van der Waals surface area contributed by atoms with Gasteiger partial charge in [-0.15, -0.1) is 0 Å². The van der Waals surface area contributed by atoms with Crippen LogP contribution in [0, 0.1) is 10.1 Å². The number of non-ortho nitro benzene ring substituents is 1. The fraction of sp³-hybridized carbons (Fsp3) is 0.333. The van der Waals surface area contributed by atoms with E-state index in [1.165, 1.54) is 18.3 Å². The highest BCUT2D eigenvalue weighted by molar-refractivity contribution is 5.90. The highest BCUT2D eigenvalue weighted by Gasteiger charge is 2.20. The highest BCUT2D eigenvalue weighted by Crippen LogP contribution is 2.10. The van der Waals surface area contributed by atoms with E-state index in [1.807, 2.05) is 13.8 Å². The summed E-state index contributed by atoms with van der Waals surface area (Å²) in [5.41, 5.74) is 3.52. The summed E-state index contributed by atoms with van der Waals surface area (Å²) in [5, 5.41) is 26.3. The van der Waals surface area contributed by atoms with Crippen molar-refractivity contribution in [3.05, 3.63) is 39.9 Å². The second-order valence-corrected chi connectivity index (χ2v) is 4.53. The summed E-state index contributed by atoms with van der Waals surface area (Å²) in [5.74, 6) is 0. The van der Waals surface area contributed by atoms with E-state index in [2.05, 4.69) is 15.7 Å². The zero-order valence-corrected chi connectivity index (χ0v) is 11.0. The van der Waals surface area contributed by atoms with Crippen LogP contribution in [0.2, 0.25) is 0 Å². The quantitative estimate of drug-likeness (QED) is 0.368. The molecule has 1 aromatic carbocycles. The molecule has 0 saturated heterocycles. The van der Waals surface area contributed by atoms with E-state index in [4.69, 9.17) is 5.21 Å². The van der Waals surface area contributed by atoms with Crippen molar-refractivity contribution in [2.75, 3.05) is 0 Å².